The lowest BCUT2D eigenvalue weighted by Crippen LogP contribution is -2.45. The molecule has 0 amide bonds. The van der Waals surface area contributed by atoms with Crippen LogP contribution in [0.15, 0.2) is 48.5 Å². The first-order valence-electron chi connectivity index (χ1n) is 26.4. The minimum Gasteiger partial charge on any atom is -0.466 e. The summed E-state index contributed by atoms with van der Waals surface area (Å²) in [6, 6.07) is 16.1. The van der Waals surface area contributed by atoms with Gasteiger partial charge in [0.2, 0.25) is 0 Å². The summed E-state index contributed by atoms with van der Waals surface area (Å²) in [7, 11) is -3.51. The average molecular weight is 1010 g/mol. The van der Waals surface area contributed by atoms with Crippen molar-refractivity contribution in [1.29, 1.82) is 0 Å². The second-order valence-electron chi connectivity index (χ2n) is 21.4. The Morgan fingerprint density at radius 1 is 0.486 bits per heavy atom. The predicted molar refractivity (Wildman–Crippen MR) is 284 cm³/mol. The Morgan fingerprint density at radius 2 is 0.886 bits per heavy atom. The molecule has 1 unspecified atom stereocenters. The van der Waals surface area contributed by atoms with Crippen LogP contribution >= 0.6 is 0 Å². The van der Waals surface area contributed by atoms with E-state index in [0.29, 0.717) is 51.9 Å². The zero-order valence-corrected chi connectivity index (χ0v) is 46.8. The normalized spacial score (nSPS) is 12.1. The summed E-state index contributed by atoms with van der Waals surface area (Å²) in [6.07, 6.45) is 16.3. The van der Waals surface area contributed by atoms with Gasteiger partial charge in [-0.3, -0.25) is 24.0 Å². The third-order valence-corrected chi connectivity index (χ3v) is 18.8. The summed E-state index contributed by atoms with van der Waals surface area (Å²) < 4.78 is 33.8. The molecule has 392 valence electrons. The molecule has 0 fully saturated rings. The minimum atomic E-state index is -2.27. The van der Waals surface area contributed by atoms with Crippen molar-refractivity contribution in [3.8, 4) is 11.8 Å². The first-order chi connectivity index (χ1) is 33.3. The van der Waals surface area contributed by atoms with E-state index >= 15 is 0 Å². The SMILES string of the molecule is CCCCCCCCCCCCOC(=O)CC(CC(=O)OCCCCCC(=O)OCCCCCC(=O)OCc1ccc(C#Cc2ccc(CC(=O)OCC[Si](C)(C)C)cc2)cc1)O[Si](C)(C)C(C)(C)C. The lowest BCUT2D eigenvalue weighted by atomic mass is 10.1. The van der Waals surface area contributed by atoms with Crippen LogP contribution in [0.4, 0.5) is 0 Å². The molecule has 11 nitrogen and oxygen atoms in total. The third-order valence-electron chi connectivity index (χ3n) is 12.5. The van der Waals surface area contributed by atoms with Crippen LogP contribution in [0.1, 0.15) is 178 Å². The van der Waals surface area contributed by atoms with Gasteiger partial charge < -0.3 is 28.1 Å². The van der Waals surface area contributed by atoms with Crippen molar-refractivity contribution in [2.24, 2.45) is 0 Å². The highest BCUT2D eigenvalue weighted by Crippen LogP contribution is 2.38. The fraction of sp³-hybridized carbons (Fsp3) is 0.667. The summed E-state index contributed by atoms with van der Waals surface area (Å²) in [4.78, 5) is 62.4. The van der Waals surface area contributed by atoms with Crippen LogP contribution in [0.5, 0.6) is 0 Å². The van der Waals surface area contributed by atoms with E-state index in [1.807, 2.05) is 48.5 Å². The molecule has 0 aromatic heterocycles. The quantitative estimate of drug-likeness (QED) is 0.0212. The molecule has 2 rings (SSSR count). The van der Waals surface area contributed by atoms with Crippen molar-refractivity contribution >= 4 is 46.2 Å². The average Bonchev–Trinajstić information content (AvgIpc) is 3.29. The molecule has 0 N–H and O–H groups in total. The Kier molecular flexibility index (Phi) is 30.9. The van der Waals surface area contributed by atoms with Crippen molar-refractivity contribution in [3.63, 3.8) is 0 Å². The molecule has 0 aliphatic rings. The summed E-state index contributed by atoms with van der Waals surface area (Å²) in [5, 5.41) is -0.0901. The fourth-order valence-electron chi connectivity index (χ4n) is 7.01. The molecule has 13 heteroatoms. The van der Waals surface area contributed by atoms with Crippen LogP contribution in [0.2, 0.25) is 43.8 Å². The molecule has 2 aromatic carbocycles. The number of benzene rings is 2. The van der Waals surface area contributed by atoms with Gasteiger partial charge in [-0.05, 0) is 105 Å². The van der Waals surface area contributed by atoms with Gasteiger partial charge in [0.25, 0.3) is 0 Å². The molecular weight excluding hydrogens is 917 g/mol. The third kappa shape index (κ3) is 31.2. The number of rotatable bonds is 36. The molecule has 0 radical (unpaired) electrons. The predicted octanol–water partition coefficient (Wildman–Crippen LogP) is 13.4. The van der Waals surface area contributed by atoms with Crippen molar-refractivity contribution in [3.05, 3.63) is 70.8 Å². The molecule has 0 saturated heterocycles. The number of ether oxygens (including phenoxy) is 5. The Labute approximate surface area is 424 Å². The number of hydrogen-bond donors (Lipinski definition) is 0. The van der Waals surface area contributed by atoms with Gasteiger partial charge >= 0.3 is 29.8 Å². The van der Waals surface area contributed by atoms with Gasteiger partial charge in [0.1, 0.15) is 6.61 Å². The fourth-order valence-corrected chi connectivity index (χ4v) is 9.08. The summed E-state index contributed by atoms with van der Waals surface area (Å²) in [6.45, 7) is 21.2. The van der Waals surface area contributed by atoms with E-state index in [0.717, 1.165) is 54.0 Å². The zero-order valence-electron chi connectivity index (χ0n) is 44.8. The van der Waals surface area contributed by atoms with Gasteiger partial charge in [0, 0.05) is 32.0 Å². The van der Waals surface area contributed by atoms with E-state index in [-0.39, 0.29) is 74.2 Å². The molecule has 0 aliphatic heterocycles. The van der Waals surface area contributed by atoms with Crippen LogP contribution in [0.25, 0.3) is 0 Å². The van der Waals surface area contributed by atoms with E-state index in [1.54, 1.807) is 0 Å². The van der Waals surface area contributed by atoms with E-state index in [9.17, 15) is 24.0 Å². The van der Waals surface area contributed by atoms with Crippen LogP contribution in [-0.4, -0.2) is 78.8 Å². The lowest BCUT2D eigenvalue weighted by Gasteiger charge is -2.39. The Balaban J connectivity index is 1.55. The van der Waals surface area contributed by atoms with Crippen LogP contribution in [0, 0.1) is 11.8 Å². The number of carbonyl (C=O) groups is 5. The van der Waals surface area contributed by atoms with Gasteiger partial charge in [-0.15, -0.1) is 0 Å². The van der Waals surface area contributed by atoms with Crippen molar-refractivity contribution in [2.45, 2.75) is 219 Å². The van der Waals surface area contributed by atoms with Crippen molar-refractivity contribution in [1.82, 2.24) is 0 Å². The molecule has 1 atom stereocenters. The van der Waals surface area contributed by atoms with E-state index < -0.39 is 28.5 Å². The number of esters is 5. The maximum absolute atomic E-state index is 12.9. The Hall–Kier alpha value is -4.26. The molecule has 2 aromatic rings. The summed E-state index contributed by atoms with van der Waals surface area (Å²) in [5.74, 6) is 4.80. The molecule has 0 spiro atoms. The number of carbonyl (C=O) groups excluding carboxylic acids is 5. The maximum atomic E-state index is 12.9. The summed E-state index contributed by atoms with van der Waals surface area (Å²) >= 11 is 0. The molecule has 0 heterocycles. The molecule has 0 saturated carbocycles. The van der Waals surface area contributed by atoms with Gasteiger partial charge in [0.15, 0.2) is 8.32 Å². The van der Waals surface area contributed by atoms with E-state index in [4.69, 9.17) is 28.1 Å². The van der Waals surface area contributed by atoms with Crippen molar-refractivity contribution < 1.29 is 52.1 Å². The second-order valence-corrected chi connectivity index (χ2v) is 31.8. The van der Waals surface area contributed by atoms with Gasteiger partial charge in [-0.2, -0.15) is 0 Å². The monoisotopic (exact) mass is 1010 g/mol. The van der Waals surface area contributed by atoms with Crippen molar-refractivity contribution in [2.75, 3.05) is 26.4 Å². The first kappa shape index (κ1) is 61.9. The Morgan fingerprint density at radius 3 is 1.34 bits per heavy atom. The van der Waals surface area contributed by atoms with Gasteiger partial charge in [0.05, 0.1) is 51.8 Å². The highest BCUT2D eigenvalue weighted by molar-refractivity contribution is 6.76. The van der Waals surface area contributed by atoms with Crippen LogP contribution in [-0.2, 0) is 65.1 Å². The minimum absolute atomic E-state index is 0.0137. The van der Waals surface area contributed by atoms with Gasteiger partial charge in [-0.1, -0.05) is 141 Å². The Bertz CT molecular complexity index is 1870. The highest BCUT2D eigenvalue weighted by Gasteiger charge is 2.40. The van der Waals surface area contributed by atoms with Crippen LogP contribution in [0.3, 0.4) is 0 Å². The number of unbranched alkanes of at least 4 members (excludes halogenated alkanes) is 13. The topological polar surface area (TPSA) is 141 Å². The molecular formula is C57H90O11Si2. The van der Waals surface area contributed by atoms with Crippen LogP contribution < -0.4 is 0 Å². The first-order valence-corrected chi connectivity index (χ1v) is 33.0. The largest absolute Gasteiger partial charge is 0.466 e. The zero-order chi connectivity index (χ0) is 51.7. The maximum Gasteiger partial charge on any atom is 0.310 e. The standard InChI is InChI=1S/C57H90O11Si2/c1-10-11-12-13-14-15-16-17-18-23-39-64-55(61)44-51(68-70(8,9)57(2,3)4)45-56(62)65-40-25-19-21-26-52(58)63-38-24-20-22-27-53(59)67-46-50-36-32-48(33-37-50)29-28-47-30-34-49(35-31-47)43-54(60)66-41-42-69(5,6)7/h30-37,51H,10-27,38-46H2,1-9H3. The smallest absolute Gasteiger partial charge is 0.310 e. The summed E-state index contributed by atoms with van der Waals surface area (Å²) in [5.41, 5.74) is 3.44. The molecule has 70 heavy (non-hydrogen) atoms. The van der Waals surface area contributed by atoms with E-state index in [1.165, 1.54) is 44.9 Å². The van der Waals surface area contributed by atoms with E-state index in [2.05, 4.69) is 72.3 Å². The molecule has 0 aliphatic carbocycles. The molecule has 0 bridgehead atoms. The number of hydrogen-bond acceptors (Lipinski definition) is 11. The lowest BCUT2D eigenvalue weighted by molar-refractivity contribution is -0.150. The van der Waals surface area contributed by atoms with Gasteiger partial charge in [-0.25, -0.2) is 0 Å². The highest BCUT2D eigenvalue weighted by atomic mass is 28.4. The second kappa shape index (κ2) is 35.0.